The molecule has 8 nitrogen and oxygen atoms in total. The van der Waals surface area contributed by atoms with E-state index in [-0.39, 0.29) is 18.4 Å². The minimum atomic E-state index is -0.944. The summed E-state index contributed by atoms with van der Waals surface area (Å²) in [4.78, 5) is 39.4. The Hall–Kier alpha value is -2.77. The van der Waals surface area contributed by atoms with Crippen LogP contribution >= 0.6 is 0 Å². The van der Waals surface area contributed by atoms with Crippen LogP contribution < -0.4 is 10.1 Å². The van der Waals surface area contributed by atoms with Crippen molar-refractivity contribution in [1.29, 1.82) is 0 Å². The largest absolute Gasteiger partial charge is 0.494 e. The highest BCUT2D eigenvalue weighted by Crippen LogP contribution is 2.42. The molecule has 3 amide bonds. The van der Waals surface area contributed by atoms with E-state index in [1.807, 2.05) is 6.92 Å². The molecule has 2 aliphatic heterocycles. The summed E-state index contributed by atoms with van der Waals surface area (Å²) in [6.07, 6.45) is 0.954. The fourth-order valence-electron chi connectivity index (χ4n) is 4.09. The Bertz CT molecular complexity index is 725. The highest BCUT2D eigenvalue weighted by atomic mass is 16.5. The van der Waals surface area contributed by atoms with Crippen molar-refractivity contribution in [3.63, 3.8) is 0 Å². The van der Waals surface area contributed by atoms with Crippen LogP contribution in [0.5, 0.6) is 5.75 Å². The first-order chi connectivity index (χ1) is 12.9. The van der Waals surface area contributed by atoms with Gasteiger partial charge in [0.05, 0.1) is 18.1 Å². The number of piperidine rings is 1. The molecule has 1 atom stereocenters. The van der Waals surface area contributed by atoms with Crippen molar-refractivity contribution in [1.82, 2.24) is 9.80 Å². The highest BCUT2D eigenvalue weighted by Gasteiger charge is 2.55. The minimum absolute atomic E-state index is 0.0320. The Morgan fingerprint density at radius 2 is 1.89 bits per heavy atom. The summed E-state index contributed by atoms with van der Waals surface area (Å²) in [6, 6.07) is 6.91. The number of nitrogens with one attached hydrogen (secondary N) is 1. The smallest absolute Gasteiger partial charge is 0.321 e. The van der Waals surface area contributed by atoms with E-state index in [4.69, 9.17) is 4.74 Å². The summed E-state index contributed by atoms with van der Waals surface area (Å²) in [5.74, 6) is -1.06. The molecule has 2 heterocycles. The van der Waals surface area contributed by atoms with Crippen LogP contribution in [0.15, 0.2) is 24.3 Å². The van der Waals surface area contributed by atoms with Gasteiger partial charge in [-0.1, -0.05) is 0 Å². The van der Waals surface area contributed by atoms with Gasteiger partial charge in [0.2, 0.25) is 5.91 Å². The molecule has 2 fully saturated rings. The number of ether oxygens (including phenoxy) is 1. The van der Waals surface area contributed by atoms with Gasteiger partial charge in [-0.3, -0.25) is 9.59 Å². The molecular weight excluding hydrogens is 350 g/mol. The quantitative estimate of drug-likeness (QED) is 0.839. The molecule has 0 unspecified atom stereocenters. The van der Waals surface area contributed by atoms with Crippen LogP contribution in [0.25, 0.3) is 0 Å². The zero-order valence-electron chi connectivity index (χ0n) is 15.6. The standard InChI is InChI=1S/C19H25N3O5/c1-3-27-14-6-4-13(5-7-14)20-18(26)22-10-8-19(9-11-22)15(17(24)25)12-16(23)21(19)2/h4-7,15H,3,8-12H2,1-2H3,(H,20,26)(H,24,25)/t15-/m1/s1. The number of hydrogen-bond acceptors (Lipinski definition) is 4. The monoisotopic (exact) mass is 375 g/mol. The number of hydrogen-bond donors (Lipinski definition) is 2. The first-order valence-electron chi connectivity index (χ1n) is 9.15. The zero-order chi connectivity index (χ0) is 19.6. The van der Waals surface area contributed by atoms with Gasteiger partial charge in [-0.05, 0) is 44.0 Å². The molecule has 2 aliphatic rings. The van der Waals surface area contributed by atoms with E-state index in [2.05, 4.69) is 5.32 Å². The van der Waals surface area contributed by atoms with Gasteiger partial charge in [0.25, 0.3) is 0 Å². The SMILES string of the molecule is CCOc1ccc(NC(=O)N2CCC3(CC2)[C@@H](C(=O)O)CC(=O)N3C)cc1. The highest BCUT2D eigenvalue weighted by molar-refractivity contribution is 5.90. The van der Waals surface area contributed by atoms with Crippen molar-refractivity contribution in [2.75, 3.05) is 32.1 Å². The third-order valence-electron chi connectivity index (χ3n) is 5.70. The number of urea groups is 1. The van der Waals surface area contributed by atoms with Gasteiger partial charge < -0.3 is 25.0 Å². The van der Waals surface area contributed by atoms with Gasteiger partial charge in [-0.25, -0.2) is 4.79 Å². The van der Waals surface area contributed by atoms with E-state index in [9.17, 15) is 19.5 Å². The maximum absolute atomic E-state index is 12.5. The molecule has 0 aromatic heterocycles. The maximum atomic E-state index is 12.5. The van der Waals surface area contributed by atoms with Crippen molar-refractivity contribution >= 4 is 23.6 Å². The minimum Gasteiger partial charge on any atom is -0.494 e. The lowest BCUT2D eigenvalue weighted by molar-refractivity contribution is -0.145. The topological polar surface area (TPSA) is 99.2 Å². The number of carbonyl (C=O) groups is 3. The number of likely N-dealkylation sites (tertiary alicyclic amines) is 2. The number of nitrogens with zero attached hydrogens (tertiary/aromatic N) is 2. The number of carboxylic acid groups (broad SMARTS) is 1. The molecule has 146 valence electrons. The Morgan fingerprint density at radius 3 is 2.44 bits per heavy atom. The first kappa shape index (κ1) is 19.0. The summed E-state index contributed by atoms with van der Waals surface area (Å²) < 4.78 is 5.38. The number of rotatable bonds is 4. The Kier molecular flexibility index (Phi) is 5.25. The number of carboxylic acids is 1. The molecule has 1 aromatic rings. The molecular formula is C19H25N3O5. The normalized spacial score (nSPS) is 21.4. The van der Waals surface area contributed by atoms with Crippen molar-refractivity contribution in [2.24, 2.45) is 5.92 Å². The van der Waals surface area contributed by atoms with Crippen LogP contribution in [0, 0.1) is 5.92 Å². The first-order valence-corrected chi connectivity index (χ1v) is 9.15. The van der Waals surface area contributed by atoms with Crippen LogP contribution in [0.2, 0.25) is 0 Å². The number of amides is 3. The molecule has 0 saturated carbocycles. The second-order valence-electron chi connectivity index (χ2n) is 7.03. The molecule has 1 spiro atoms. The van der Waals surface area contributed by atoms with Gasteiger partial charge in [-0.15, -0.1) is 0 Å². The van der Waals surface area contributed by atoms with Crippen molar-refractivity contribution in [3.05, 3.63) is 24.3 Å². The molecule has 0 bridgehead atoms. The fraction of sp³-hybridized carbons (Fsp3) is 0.526. The lowest BCUT2D eigenvalue weighted by atomic mass is 9.77. The third-order valence-corrected chi connectivity index (χ3v) is 5.70. The summed E-state index contributed by atoms with van der Waals surface area (Å²) in [5.41, 5.74) is -0.0286. The molecule has 1 aromatic carbocycles. The molecule has 0 radical (unpaired) electrons. The summed E-state index contributed by atoms with van der Waals surface area (Å²) in [6.45, 7) is 3.30. The predicted molar refractivity (Wildman–Crippen MR) is 98.7 cm³/mol. The molecule has 0 aliphatic carbocycles. The number of benzene rings is 1. The van der Waals surface area contributed by atoms with Gasteiger partial charge in [0.15, 0.2) is 0 Å². The zero-order valence-corrected chi connectivity index (χ0v) is 15.6. The van der Waals surface area contributed by atoms with E-state index in [1.165, 1.54) is 0 Å². The number of aliphatic carboxylic acids is 1. The Morgan fingerprint density at radius 1 is 1.26 bits per heavy atom. The molecule has 27 heavy (non-hydrogen) atoms. The predicted octanol–water partition coefficient (Wildman–Crippen LogP) is 2.01. The van der Waals surface area contributed by atoms with Crippen molar-refractivity contribution in [2.45, 2.75) is 31.7 Å². The van der Waals surface area contributed by atoms with E-state index < -0.39 is 17.4 Å². The maximum Gasteiger partial charge on any atom is 0.321 e. The Labute approximate surface area is 158 Å². The van der Waals surface area contributed by atoms with E-state index >= 15 is 0 Å². The van der Waals surface area contributed by atoms with Gasteiger partial charge in [0, 0.05) is 32.2 Å². The van der Waals surface area contributed by atoms with Gasteiger partial charge in [0.1, 0.15) is 5.75 Å². The number of carbonyl (C=O) groups excluding carboxylic acids is 2. The second kappa shape index (κ2) is 7.46. The second-order valence-corrected chi connectivity index (χ2v) is 7.03. The lowest BCUT2D eigenvalue weighted by Crippen LogP contribution is -2.57. The van der Waals surface area contributed by atoms with Crippen LogP contribution in [-0.2, 0) is 9.59 Å². The van der Waals surface area contributed by atoms with Crippen molar-refractivity contribution in [3.8, 4) is 5.75 Å². The van der Waals surface area contributed by atoms with E-state index in [0.717, 1.165) is 5.75 Å². The summed E-state index contributed by atoms with van der Waals surface area (Å²) in [7, 11) is 1.67. The summed E-state index contributed by atoms with van der Waals surface area (Å²) >= 11 is 0. The summed E-state index contributed by atoms with van der Waals surface area (Å²) in [5, 5.41) is 12.4. The van der Waals surface area contributed by atoms with Crippen LogP contribution in [-0.4, -0.2) is 65.1 Å². The van der Waals surface area contributed by atoms with E-state index in [1.54, 1.807) is 41.1 Å². The fourth-order valence-corrected chi connectivity index (χ4v) is 4.09. The molecule has 2 saturated heterocycles. The van der Waals surface area contributed by atoms with Crippen LogP contribution in [0.3, 0.4) is 0 Å². The van der Waals surface area contributed by atoms with Crippen molar-refractivity contribution < 1.29 is 24.2 Å². The Balaban J connectivity index is 1.62. The van der Waals surface area contributed by atoms with E-state index in [0.29, 0.717) is 38.2 Å². The van der Waals surface area contributed by atoms with Gasteiger partial charge in [-0.2, -0.15) is 0 Å². The molecule has 8 heteroatoms. The van der Waals surface area contributed by atoms with Gasteiger partial charge >= 0.3 is 12.0 Å². The average Bonchev–Trinajstić information content (AvgIpc) is 2.89. The van der Waals surface area contributed by atoms with Crippen LogP contribution in [0.4, 0.5) is 10.5 Å². The van der Waals surface area contributed by atoms with Crippen LogP contribution in [0.1, 0.15) is 26.2 Å². The third kappa shape index (κ3) is 3.56. The lowest BCUT2D eigenvalue weighted by Gasteiger charge is -2.45. The average molecular weight is 375 g/mol. The molecule has 2 N–H and O–H groups in total. The molecule has 3 rings (SSSR count). The number of anilines is 1.